The van der Waals surface area contributed by atoms with Gasteiger partial charge in [-0.1, -0.05) is 18.2 Å². The fourth-order valence-corrected chi connectivity index (χ4v) is 2.76. The van der Waals surface area contributed by atoms with Gasteiger partial charge in [-0.2, -0.15) is 5.26 Å². The quantitative estimate of drug-likeness (QED) is 0.571. The highest BCUT2D eigenvalue weighted by molar-refractivity contribution is 5.97. The summed E-state index contributed by atoms with van der Waals surface area (Å²) < 4.78 is 7.09. The lowest BCUT2D eigenvalue weighted by molar-refractivity contribution is -0.116. The Morgan fingerprint density at radius 2 is 2.03 bits per heavy atom. The molecule has 30 heavy (non-hydrogen) atoms. The van der Waals surface area contributed by atoms with E-state index in [0.717, 1.165) is 5.56 Å². The monoisotopic (exact) mass is 403 g/mol. The molecule has 1 aromatic heterocycles. The lowest BCUT2D eigenvalue weighted by atomic mass is 10.1. The van der Waals surface area contributed by atoms with E-state index in [1.165, 1.54) is 0 Å². The first-order chi connectivity index (χ1) is 14.6. The topological polar surface area (TPSA) is 109 Å². The Morgan fingerprint density at radius 1 is 1.17 bits per heavy atom. The van der Waals surface area contributed by atoms with Gasteiger partial charge in [0.1, 0.15) is 11.8 Å². The number of ether oxygens (including phenoxy) is 1. The lowest BCUT2D eigenvalue weighted by Crippen LogP contribution is -2.23. The first-order valence-electron chi connectivity index (χ1n) is 9.36. The zero-order valence-electron chi connectivity index (χ0n) is 16.2. The van der Waals surface area contributed by atoms with Crippen molar-refractivity contribution in [2.75, 3.05) is 11.9 Å². The van der Waals surface area contributed by atoms with Gasteiger partial charge >= 0.3 is 0 Å². The summed E-state index contributed by atoms with van der Waals surface area (Å²) in [6.07, 6.45) is 5.42. The van der Waals surface area contributed by atoms with Gasteiger partial charge in [0.25, 0.3) is 5.91 Å². The minimum absolute atomic E-state index is 0.0311. The summed E-state index contributed by atoms with van der Waals surface area (Å²) in [4.78, 5) is 28.6. The van der Waals surface area contributed by atoms with Crippen LogP contribution in [0.2, 0.25) is 0 Å². The minimum Gasteiger partial charge on any atom is -0.479 e. The number of nitriles is 1. The molecule has 3 aromatic rings. The van der Waals surface area contributed by atoms with Crippen molar-refractivity contribution in [1.82, 2.24) is 14.9 Å². The normalized spacial score (nSPS) is 10.1. The van der Waals surface area contributed by atoms with Crippen LogP contribution >= 0.6 is 0 Å². The highest BCUT2D eigenvalue weighted by Gasteiger charge is 2.09. The number of benzene rings is 2. The number of imidazole rings is 1. The van der Waals surface area contributed by atoms with Gasteiger partial charge in [-0.3, -0.25) is 9.59 Å². The van der Waals surface area contributed by atoms with Crippen LogP contribution in [-0.4, -0.2) is 28.0 Å². The highest BCUT2D eigenvalue weighted by atomic mass is 16.5. The third-order valence-corrected chi connectivity index (χ3v) is 4.22. The van der Waals surface area contributed by atoms with Gasteiger partial charge in [0, 0.05) is 43.2 Å². The molecule has 0 bridgehead atoms. The van der Waals surface area contributed by atoms with E-state index in [-0.39, 0.29) is 18.4 Å². The summed E-state index contributed by atoms with van der Waals surface area (Å²) in [5.41, 5.74) is 1.85. The molecule has 8 nitrogen and oxygen atoms in total. The third kappa shape index (κ3) is 6.21. The van der Waals surface area contributed by atoms with E-state index in [0.29, 0.717) is 36.5 Å². The van der Waals surface area contributed by atoms with Crippen molar-refractivity contribution in [3.63, 3.8) is 0 Å². The van der Waals surface area contributed by atoms with Crippen molar-refractivity contribution in [3.05, 3.63) is 78.4 Å². The molecule has 0 atom stereocenters. The number of aryl methyl sites for hydroxylation is 1. The second kappa shape index (κ2) is 10.4. The smallest absolute Gasteiger partial charge is 0.251 e. The number of amides is 2. The second-order valence-electron chi connectivity index (χ2n) is 6.46. The molecule has 0 aliphatic rings. The van der Waals surface area contributed by atoms with Gasteiger partial charge in [-0.25, -0.2) is 4.98 Å². The largest absolute Gasteiger partial charge is 0.479 e. The maximum Gasteiger partial charge on any atom is 0.251 e. The molecule has 0 saturated heterocycles. The van der Waals surface area contributed by atoms with Crippen molar-refractivity contribution in [3.8, 4) is 11.8 Å². The maximum atomic E-state index is 12.5. The molecule has 0 aliphatic heterocycles. The number of aromatic nitrogens is 2. The van der Waals surface area contributed by atoms with Crippen molar-refractivity contribution in [2.45, 2.75) is 19.5 Å². The predicted molar refractivity (Wildman–Crippen MR) is 111 cm³/mol. The van der Waals surface area contributed by atoms with E-state index in [1.807, 2.05) is 16.7 Å². The zero-order chi connectivity index (χ0) is 21.2. The molecule has 0 saturated carbocycles. The van der Waals surface area contributed by atoms with Gasteiger partial charge in [-0.05, 0) is 35.9 Å². The Bertz CT molecular complexity index is 1040. The molecule has 2 aromatic carbocycles. The van der Waals surface area contributed by atoms with E-state index in [4.69, 9.17) is 10.00 Å². The number of nitrogens with zero attached hydrogens (tertiary/aromatic N) is 3. The molecule has 1 heterocycles. The Balaban J connectivity index is 1.52. The molecular weight excluding hydrogens is 382 g/mol. The minimum atomic E-state index is -0.257. The van der Waals surface area contributed by atoms with Crippen LogP contribution in [-0.2, 0) is 17.9 Å². The maximum absolute atomic E-state index is 12.5. The molecule has 3 rings (SSSR count). The first-order valence-corrected chi connectivity index (χ1v) is 9.36. The van der Waals surface area contributed by atoms with E-state index < -0.39 is 0 Å². The number of hydrogen-bond donors (Lipinski definition) is 2. The van der Waals surface area contributed by atoms with E-state index >= 15 is 0 Å². The molecule has 2 amide bonds. The molecule has 0 fully saturated rings. The van der Waals surface area contributed by atoms with Crippen molar-refractivity contribution < 1.29 is 14.3 Å². The molecule has 0 radical (unpaired) electrons. The first kappa shape index (κ1) is 20.6. The molecule has 0 spiro atoms. The number of carbonyl (C=O) groups excluding carboxylic acids is 2. The number of carbonyl (C=O) groups is 2. The highest BCUT2D eigenvalue weighted by Crippen LogP contribution is 2.14. The summed E-state index contributed by atoms with van der Waals surface area (Å²) >= 11 is 0. The van der Waals surface area contributed by atoms with Crippen LogP contribution in [0.25, 0.3) is 0 Å². The van der Waals surface area contributed by atoms with Gasteiger partial charge in [0.15, 0.2) is 6.61 Å². The van der Waals surface area contributed by atoms with Crippen LogP contribution in [0.5, 0.6) is 5.75 Å². The average molecular weight is 403 g/mol. The summed E-state index contributed by atoms with van der Waals surface area (Å²) in [5, 5.41) is 14.2. The Kier molecular flexibility index (Phi) is 7.17. The summed E-state index contributed by atoms with van der Waals surface area (Å²) in [5.74, 6) is 0.173. The zero-order valence-corrected chi connectivity index (χ0v) is 16.2. The van der Waals surface area contributed by atoms with Gasteiger partial charge in [0.05, 0.1) is 6.33 Å². The van der Waals surface area contributed by atoms with E-state index in [9.17, 15) is 9.59 Å². The Hall–Kier alpha value is -4.12. The van der Waals surface area contributed by atoms with Crippen LogP contribution < -0.4 is 15.4 Å². The van der Waals surface area contributed by atoms with Gasteiger partial charge in [-0.15, -0.1) is 0 Å². The van der Waals surface area contributed by atoms with Crippen molar-refractivity contribution in [1.29, 1.82) is 5.26 Å². The van der Waals surface area contributed by atoms with Crippen LogP contribution in [0.15, 0.2) is 67.3 Å². The van der Waals surface area contributed by atoms with Crippen molar-refractivity contribution in [2.24, 2.45) is 0 Å². The summed E-state index contributed by atoms with van der Waals surface area (Å²) in [7, 11) is 0. The Morgan fingerprint density at radius 3 is 2.83 bits per heavy atom. The average Bonchev–Trinajstić information content (AvgIpc) is 3.29. The molecule has 8 heteroatoms. The number of nitrogens with one attached hydrogen (secondary N) is 2. The molecule has 152 valence electrons. The fourth-order valence-electron chi connectivity index (χ4n) is 2.76. The van der Waals surface area contributed by atoms with Crippen LogP contribution in [0.1, 0.15) is 22.3 Å². The Labute approximate surface area is 174 Å². The lowest BCUT2D eigenvalue weighted by Gasteiger charge is -2.09. The van der Waals surface area contributed by atoms with Gasteiger partial charge in [0.2, 0.25) is 5.91 Å². The van der Waals surface area contributed by atoms with Crippen LogP contribution in [0.3, 0.4) is 0 Å². The van der Waals surface area contributed by atoms with E-state index in [2.05, 4.69) is 15.6 Å². The number of anilines is 1. The fraction of sp³-hybridized carbons (Fsp3) is 0.182. The summed E-state index contributed by atoms with van der Waals surface area (Å²) in [6, 6.07) is 15.9. The molecular formula is C22H21N5O3. The molecule has 2 N–H and O–H groups in total. The summed E-state index contributed by atoms with van der Waals surface area (Å²) in [6.45, 7) is 0.809. The molecule has 0 aliphatic carbocycles. The number of rotatable bonds is 9. The predicted octanol–water partition coefficient (Wildman–Crippen LogP) is 2.74. The van der Waals surface area contributed by atoms with Crippen LogP contribution in [0, 0.1) is 11.3 Å². The third-order valence-electron chi connectivity index (χ3n) is 4.22. The molecule has 0 unspecified atom stereocenters. The SMILES string of the molecule is N#CCOc1cccc(CNC(=O)c2cccc(NC(=O)CCn3ccnc3)c2)c1. The van der Waals surface area contributed by atoms with Crippen LogP contribution in [0.4, 0.5) is 5.69 Å². The van der Waals surface area contributed by atoms with Crippen molar-refractivity contribution >= 4 is 17.5 Å². The second-order valence-corrected chi connectivity index (χ2v) is 6.46. The standard InChI is InChI=1S/C22H21N5O3/c23-8-12-30-20-6-1-3-17(13-20)15-25-22(29)18-4-2-5-19(14-18)26-21(28)7-10-27-11-9-24-16-27/h1-6,9,11,13-14,16H,7,10,12,15H2,(H,25,29)(H,26,28). The van der Waals surface area contributed by atoms with Gasteiger partial charge < -0.3 is 19.9 Å². The van der Waals surface area contributed by atoms with E-state index in [1.54, 1.807) is 61.2 Å². The number of hydrogen-bond acceptors (Lipinski definition) is 5.